The van der Waals surface area contributed by atoms with E-state index in [1.54, 1.807) is 6.33 Å². The Morgan fingerprint density at radius 1 is 1.77 bits per heavy atom. The smallest absolute Gasteiger partial charge is 0.384 e. The number of aromatic amines is 1. The molecule has 1 N–H and O–H groups in total. The number of hydrogen-bond donors (Lipinski definition) is 1. The molecule has 1 aromatic heterocycles. The van der Waals surface area contributed by atoms with Gasteiger partial charge in [0.15, 0.2) is 0 Å². The van der Waals surface area contributed by atoms with Crippen LogP contribution in [0.2, 0.25) is 0 Å². The number of H-pyrrole nitrogens is 1. The van der Waals surface area contributed by atoms with Crippen LogP contribution >= 0.6 is 0 Å². The van der Waals surface area contributed by atoms with Crippen LogP contribution in [0.1, 0.15) is 18.3 Å². The van der Waals surface area contributed by atoms with Crippen LogP contribution in [0.15, 0.2) is 6.33 Å². The van der Waals surface area contributed by atoms with Gasteiger partial charge in [-0.15, -0.1) is 0 Å². The fourth-order valence-electron chi connectivity index (χ4n) is 0.863. The van der Waals surface area contributed by atoms with Crippen molar-refractivity contribution in [1.82, 2.24) is 9.97 Å². The second-order valence-electron chi connectivity index (χ2n) is 2.32. The molecule has 0 aliphatic rings. The van der Waals surface area contributed by atoms with Crippen LogP contribution in [0.3, 0.4) is 0 Å². The number of nitrogens with one attached hydrogen (secondary N) is 1. The SMILES string of the molecule is CCc1nc[nH]c1C#CC(=O)OC. The number of carbonyl (C=O) groups excluding carboxylic acids is 1. The van der Waals surface area contributed by atoms with Crippen molar-refractivity contribution in [2.45, 2.75) is 13.3 Å². The van der Waals surface area contributed by atoms with Crippen molar-refractivity contribution in [3.8, 4) is 11.8 Å². The zero-order valence-electron chi connectivity index (χ0n) is 7.55. The Bertz CT molecular complexity index is 357. The number of aryl methyl sites for hydroxylation is 1. The first-order chi connectivity index (χ1) is 6.27. The molecule has 1 heterocycles. The highest BCUT2D eigenvalue weighted by atomic mass is 16.5. The molecule has 1 aromatic rings. The van der Waals surface area contributed by atoms with Crippen LogP contribution in [0.5, 0.6) is 0 Å². The molecule has 1 rings (SSSR count). The van der Waals surface area contributed by atoms with Gasteiger partial charge in [-0.2, -0.15) is 0 Å². The van der Waals surface area contributed by atoms with Crippen molar-refractivity contribution in [2.24, 2.45) is 0 Å². The summed E-state index contributed by atoms with van der Waals surface area (Å²) in [7, 11) is 1.30. The number of ether oxygens (including phenoxy) is 1. The van der Waals surface area contributed by atoms with E-state index in [1.165, 1.54) is 7.11 Å². The Morgan fingerprint density at radius 2 is 2.54 bits per heavy atom. The number of esters is 1. The summed E-state index contributed by atoms with van der Waals surface area (Å²) in [4.78, 5) is 17.5. The zero-order chi connectivity index (χ0) is 9.68. The third kappa shape index (κ3) is 2.34. The zero-order valence-corrected chi connectivity index (χ0v) is 7.55. The first-order valence-electron chi connectivity index (χ1n) is 3.90. The van der Waals surface area contributed by atoms with E-state index in [-0.39, 0.29) is 0 Å². The molecule has 0 saturated carbocycles. The van der Waals surface area contributed by atoms with Crippen molar-refractivity contribution in [3.63, 3.8) is 0 Å². The van der Waals surface area contributed by atoms with Crippen LogP contribution in [-0.2, 0) is 16.0 Å². The van der Waals surface area contributed by atoms with Gasteiger partial charge in [0, 0.05) is 5.92 Å². The molecule has 0 spiro atoms. The van der Waals surface area contributed by atoms with Crippen molar-refractivity contribution < 1.29 is 9.53 Å². The summed E-state index contributed by atoms with van der Waals surface area (Å²) in [6, 6.07) is 0. The maximum atomic E-state index is 10.7. The number of rotatable bonds is 1. The maximum Gasteiger partial charge on any atom is 0.384 e. The maximum absolute atomic E-state index is 10.7. The molecule has 0 unspecified atom stereocenters. The van der Waals surface area contributed by atoms with Gasteiger partial charge in [-0.05, 0) is 12.3 Å². The monoisotopic (exact) mass is 178 g/mol. The van der Waals surface area contributed by atoms with Gasteiger partial charge in [0.2, 0.25) is 0 Å². The summed E-state index contributed by atoms with van der Waals surface area (Å²) in [5, 5.41) is 0. The Balaban J connectivity index is 2.82. The Labute approximate surface area is 76.3 Å². The number of imidazole rings is 1. The van der Waals surface area contributed by atoms with Gasteiger partial charge in [-0.3, -0.25) is 0 Å². The van der Waals surface area contributed by atoms with Gasteiger partial charge >= 0.3 is 5.97 Å². The van der Waals surface area contributed by atoms with Gasteiger partial charge < -0.3 is 9.72 Å². The lowest BCUT2D eigenvalue weighted by Gasteiger charge is -1.88. The van der Waals surface area contributed by atoms with Gasteiger partial charge in [-0.25, -0.2) is 9.78 Å². The van der Waals surface area contributed by atoms with Crippen molar-refractivity contribution >= 4 is 5.97 Å². The highest BCUT2D eigenvalue weighted by Gasteiger charge is 1.99. The standard InChI is InChI=1S/C9H10N2O2/c1-3-7-8(11-6-10-7)4-5-9(12)13-2/h6H,3H2,1-2H3,(H,10,11). The Morgan fingerprint density at radius 3 is 3.15 bits per heavy atom. The van der Waals surface area contributed by atoms with E-state index in [4.69, 9.17) is 0 Å². The summed E-state index contributed by atoms with van der Waals surface area (Å²) in [5.74, 6) is 4.43. The summed E-state index contributed by atoms with van der Waals surface area (Å²) < 4.78 is 4.38. The van der Waals surface area contributed by atoms with Gasteiger partial charge in [0.25, 0.3) is 0 Å². The van der Waals surface area contributed by atoms with E-state index >= 15 is 0 Å². The molecule has 68 valence electrons. The van der Waals surface area contributed by atoms with E-state index in [2.05, 4.69) is 26.5 Å². The summed E-state index contributed by atoms with van der Waals surface area (Å²) in [6.45, 7) is 1.97. The molecule has 0 atom stereocenters. The van der Waals surface area contributed by atoms with E-state index in [0.29, 0.717) is 5.69 Å². The molecular formula is C9H10N2O2. The summed E-state index contributed by atoms with van der Waals surface area (Å²) in [6.07, 6.45) is 2.34. The normalized spacial score (nSPS) is 8.77. The minimum atomic E-state index is -0.545. The molecule has 4 nitrogen and oxygen atoms in total. The van der Waals surface area contributed by atoms with Crippen molar-refractivity contribution in [1.29, 1.82) is 0 Å². The van der Waals surface area contributed by atoms with E-state index in [1.807, 2.05) is 6.92 Å². The van der Waals surface area contributed by atoms with E-state index in [0.717, 1.165) is 12.1 Å². The lowest BCUT2D eigenvalue weighted by Crippen LogP contribution is -1.95. The van der Waals surface area contributed by atoms with Crippen LogP contribution < -0.4 is 0 Å². The average molecular weight is 178 g/mol. The van der Waals surface area contributed by atoms with Gasteiger partial charge in [0.1, 0.15) is 5.69 Å². The minimum Gasteiger partial charge on any atom is -0.459 e. The van der Waals surface area contributed by atoms with Crippen LogP contribution in [-0.4, -0.2) is 23.0 Å². The minimum absolute atomic E-state index is 0.545. The first-order valence-corrected chi connectivity index (χ1v) is 3.90. The molecule has 13 heavy (non-hydrogen) atoms. The molecule has 0 aliphatic carbocycles. The predicted octanol–water partition coefficient (Wildman–Crippen LogP) is 0.497. The number of nitrogens with zero attached hydrogens (tertiary/aromatic N) is 1. The average Bonchev–Trinajstić information content (AvgIpc) is 2.61. The van der Waals surface area contributed by atoms with E-state index < -0.39 is 5.97 Å². The Kier molecular flexibility index (Phi) is 3.09. The molecule has 0 aliphatic heterocycles. The largest absolute Gasteiger partial charge is 0.459 e. The van der Waals surface area contributed by atoms with Crippen LogP contribution in [0, 0.1) is 11.8 Å². The molecule has 0 aromatic carbocycles. The van der Waals surface area contributed by atoms with Crippen molar-refractivity contribution in [3.05, 3.63) is 17.7 Å². The molecule has 0 amide bonds. The number of methoxy groups -OCH3 is 1. The predicted molar refractivity (Wildman–Crippen MR) is 46.9 cm³/mol. The lowest BCUT2D eigenvalue weighted by molar-refractivity contribution is -0.133. The number of hydrogen-bond acceptors (Lipinski definition) is 3. The third-order valence-electron chi connectivity index (χ3n) is 1.53. The second-order valence-corrected chi connectivity index (χ2v) is 2.32. The van der Waals surface area contributed by atoms with Gasteiger partial charge in [0.05, 0.1) is 19.1 Å². The molecule has 0 radical (unpaired) electrons. The molecule has 0 fully saturated rings. The fourth-order valence-corrected chi connectivity index (χ4v) is 0.863. The van der Waals surface area contributed by atoms with Crippen molar-refractivity contribution in [2.75, 3.05) is 7.11 Å². The van der Waals surface area contributed by atoms with E-state index in [9.17, 15) is 4.79 Å². The summed E-state index contributed by atoms with van der Waals surface area (Å²) in [5.41, 5.74) is 1.53. The second kappa shape index (κ2) is 4.31. The van der Waals surface area contributed by atoms with Gasteiger partial charge in [-0.1, -0.05) is 6.92 Å². The van der Waals surface area contributed by atoms with Crippen LogP contribution in [0.4, 0.5) is 0 Å². The fraction of sp³-hybridized carbons (Fsp3) is 0.333. The molecular weight excluding hydrogens is 168 g/mol. The number of carbonyl (C=O) groups is 1. The molecule has 0 bridgehead atoms. The highest BCUT2D eigenvalue weighted by Crippen LogP contribution is 2.00. The highest BCUT2D eigenvalue weighted by molar-refractivity contribution is 5.88. The third-order valence-corrected chi connectivity index (χ3v) is 1.53. The topological polar surface area (TPSA) is 55.0 Å². The lowest BCUT2D eigenvalue weighted by atomic mass is 10.3. The Hall–Kier alpha value is -1.76. The van der Waals surface area contributed by atoms with Crippen LogP contribution in [0.25, 0.3) is 0 Å². The molecule has 4 heteroatoms. The summed E-state index contributed by atoms with van der Waals surface area (Å²) >= 11 is 0. The first kappa shape index (κ1) is 9.33. The quantitative estimate of drug-likeness (QED) is 0.503. The molecule has 0 saturated heterocycles. The number of aromatic nitrogens is 2.